The zero-order valence-electron chi connectivity index (χ0n) is 11.5. The average molecular weight is 265 g/mol. The first kappa shape index (κ1) is 12.5. The Morgan fingerprint density at radius 3 is 2.40 bits per heavy atom. The minimum absolute atomic E-state index is 0.0568. The number of hydrogen-bond donors (Lipinski definition) is 0. The fourth-order valence-electron chi connectivity index (χ4n) is 2.37. The molecule has 100 valence electrons. The van der Waals surface area contributed by atoms with Crippen molar-refractivity contribution in [1.29, 1.82) is 0 Å². The highest BCUT2D eigenvalue weighted by Gasteiger charge is 2.21. The van der Waals surface area contributed by atoms with Crippen LogP contribution in [0.15, 0.2) is 59.0 Å². The molecule has 1 aromatic heterocycles. The summed E-state index contributed by atoms with van der Waals surface area (Å²) in [5.74, 6) is 0.595. The average Bonchev–Trinajstić information content (AvgIpc) is 2.82. The van der Waals surface area contributed by atoms with Crippen molar-refractivity contribution in [3.05, 3.63) is 65.9 Å². The van der Waals surface area contributed by atoms with Crippen LogP contribution in [0.1, 0.15) is 16.1 Å². The fraction of sp³-hybridized carbons (Fsp3) is 0.118. The monoisotopic (exact) mass is 265 g/mol. The summed E-state index contributed by atoms with van der Waals surface area (Å²) in [6.07, 6.45) is 0. The van der Waals surface area contributed by atoms with E-state index < -0.39 is 0 Å². The molecule has 0 fully saturated rings. The van der Waals surface area contributed by atoms with E-state index in [1.807, 2.05) is 61.5 Å². The van der Waals surface area contributed by atoms with E-state index in [1.54, 1.807) is 11.9 Å². The number of anilines is 1. The Morgan fingerprint density at radius 1 is 1.00 bits per heavy atom. The third-order valence-corrected chi connectivity index (χ3v) is 3.43. The minimum Gasteiger partial charge on any atom is -0.461 e. The molecule has 0 saturated heterocycles. The summed E-state index contributed by atoms with van der Waals surface area (Å²) in [4.78, 5) is 14.4. The third-order valence-electron chi connectivity index (χ3n) is 3.43. The van der Waals surface area contributed by atoms with E-state index in [0.717, 1.165) is 16.7 Å². The molecule has 0 aliphatic heterocycles. The number of carbonyl (C=O) groups is 1. The molecule has 0 spiro atoms. The number of aryl methyl sites for hydroxylation is 1. The first-order valence-corrected chi connectivity index (χ1v) is 6.49. The van der Waals surface area contributed by atoms with Crippen LogP contribution in [0.3, 0.4) is 0 Å². The first-order chi connectivity index (χ1) is 9.68. The SMILES string of the molecule is Cc1oc2ccccc2c1C(=O)N(C)c1ccccc1. The van der Waals surface area contributed by atoms with Crippen LogP contribution in [-0.4, -0.2) is 13.0 Å². The number of benzene rings is 2. The van der Waals surface area contributed by atoms with Crippen LogP contribution < -0.4 is 4.90 Å². The summed E-state index contributed by atoms with van der Waals surface area (Å²) in [6, 6.07) is 17.2. The predicted molar refractivity (Wildman–Crippen MR) is 80.1 cm³/mol. The van der Waals surface area contributed by atoms with E-state index in [4.69, 9.17) is 4.42 Å². The second kappa shape index (κ2) is 4.85. The van der Waals surface area contributed by atoms with E-state index in [1.165, 1.54) is 0 Å². The van der Waals surface area contributed by atoms with Gasteiger partial charge in [-0.2, -0.15) is 0 Å². The highest BCUT2D eigenvalue weighted by molar-refractivity contribution is 6.14. The van der Waals surface area contributed by atoms with Gasteiger partial charge in [0.1, 0.15) is 11.3 Å². The molecule has 1 amide bonds. The molecule has 1 heterocycles. The van der Waals surface area contributed by atoms with Crippen molar-refractivity contribution in [1.82, 2.24) is 0 Å². The van der Waals surface area contributed by atoms with Gasteiger partial charge in [0.15, 0.2) is 0 Å². The maximum absolute atomic E-state index is 12.7. The molecule has 20 heavy (non-hydrogen) atoms. The van der Waals surface area contributed by atoms with E-state index in [-0.39, 0.29) is 5.91 Å². The molecule has 0 saturated carbocycles. The highest BCUT2D eigenvalue weighted by atomic mass is 16.3. The van der Waals surface area contributed by atoms with Gasteiger partial charge < -0.3 is 9.32 Å². The lowest BCUT2D eigenvalue weighted by Gasteiger charge is -2.17. The molecule has 0 aliphatic rings. The van der Waals surface area contributed by atoms with Crippen LogP contribution in [-0.2, 0) is 0 Å². The molecule has 0 N–H and O–H groups in total. The van der Waals surface area contributed by atoms with E-state index >= 15 is 0 Å². The molecule has 3 rings (SSSR count). The molecule has 0 unspecified atom stereocenters. The van der Waals surface area contributed by atoms with Gasteiger partial charge in [0, 0.05) is 18.1 Å². The highest BCUT2D eigenvalue weighted by Crippen LogP contribution is 2.27. The molecule has 0 radical (unpaired) electrons. The Labute approximate surface area is 117 Å². The smallest absolute Gasteiger partial charge is 0.262 e. The molecule has 0 aliphatic carbocycles. The lowest BCUT2D eigenvalue weighted by Crippen LogP contribution is -2.26. The number of nitrogens with zero attached hydrogens (tertiary/aromatic N) is 1. The van der Waals surface area contributed by atoms with Crippen LogP contribution in [0.2, 0.25) is 0 Å². The second-order valence-electron chi connectivity index (χ2n) is 4.73. The number of para-hydroxylation sites is 2. The van der Waals surface area contributed by atoms with Gasteiger partial charge in [0.2, 0.25) is 0 Å². The van der Waals surface area contributed by atoms with Gasteiger partial charge in [-0.15, -0.1) is 0 Å². The van der Waals surface area contributed by atoms with Crippen LogP contribution in [0.5, 0.6) is 0 Å². The van der Waals surface area contributed by atoms with Crippen molar-refractivity contribution in [2.24, 2.45) is 0 Å². The molecule has 0 atom stereocenters. The summed E-state index contributed by atoms with van der Waals surface area (Å²) in [5, 5.41) is 0.859. The van der Waals surface area contributed by atoms with Gasteiger partial charge in [0.05, 0.1) is 5.56 Å². The minimum atomic E-state index is -0.0568. The Kier molecular flexibility index (Phi) is 3.03. The lowest BCUT2D eigenvalue weighted by atomic mass is 10.1. The van der Waals surface area contributed by atoms with Gasteiger partial charge >= 0.3 is 0 Å². The number of rotatable bonds is 2. The van der Waals surface area contributed by atoms with Crippen molar-refractivity contribution < 1.29 is 9.21 Å². The zero-order valence-corrected chi connectivity index (χ0v) is 11.5. The van der Waals surface area contributed by atoms with Crippen molar-refractivity contribution in [3.63, 3.8) is 0 Å². The van der Waals surface area contributed by atoms with E-state index in [2.05, 4.69) is 0 Å². The quantitative estimate of drug-likeness (QED) is 0.701. The van der Waals surface area contributed by atoms with Crippen molar-refractivity contribution in [2.45, 2.75) is 6.92 Å². The number of furan rings is 1. The maximum Gasteiger partial charge on any atom is 0.262 e. The summed E-state index contributed by atoms with van der Waals surface area (Å²) in [5.41, 5.74) is 2.24. The van der Waals surface area contributed by atoms with Crippen LogP contribution in [0.4, 0.5) is 5.69 Å². The molecular weight excluding hydrogens is 250 g/mol. The van der Waals surface area contributed by atoms with Gasteiger partial charge in [-0.05, 0) is 25.1 Å². The van der Waals surface area contributed by atoms with Gasteiger partial charge in [0.25, 0.3) is 5.91 Å². The van der Waals surface area contributed by atoms with E-state index in [0.29, 0.717) is 11.3 Å². The number of carbonyl (C=O) groups excluding carboxylic acids is 1. The van der Waals surface area contributed by atoms with Crippen molar-refractivity contribution >= 4 is 22.6 Å². The first-order valence-electron chi connectivity index (χ1n) is 6.49. The summed E-state index contributed by atoms with van der Waals surface area (Å²) in [6.45, 7) is 1.83. The molecule has 3 heteroatoms. The van der Waals surface area contributed by atoms with Crippen molar-refractivity contribution in [3.8, 4) is 0 Å². The van der Waals surface area contributed by atoms with Crippen LogP contribution in [0, 0.1) is 6.92 Å². The number of fused-ring (bicyclic) bond motifs is 1. The van der Waals surface area contributed by atoms with Crippen molar-refractivity contribution in [2.75, 3.05) is 11.9 Å². The van der Waals surface area contributed by atoms with Crippen LogP contribution in [0.25, 0.3) is 11.0 Å². The van der Waals surface area contributed by atoms with Gasteiger partial charge in [-0.25, -0.2) is 0 Å². The Bertz CT molecular complexity index is 759. The fourth-order valence-corrected chi connectivity index (χ4v) is 2.37. The normalized spacial score (nSPS) is 10.7. The molecule has 3 aromatic rings. The number of amides is 1. The van der Waals surface area contributed by atoms with Gasteiger partial charge in [-0.3, -0.25) is 4.79 Å². The second-order valence-corrected chi connectivity index (χ2v) is 4.73. The largest absolute Gasteiger partial charge is 0.461 e. The molecule has 3 nitrogen and oxygen atoms in total. The summed E-state index contributed by atoms with van der Waals surface area (Å²) < 4.78 is 5.66. The number of hydrogen-bond acceptors (Lipinski definition) is 2. The standard InChI is InChI=1S/C17H15NO2/c1-12-16(14-10-6-7-11-15(14)20-12)17(19)18(2)13-8-4-3-5-9-13/h3-11H,1-2H3. The molecular formula is C17H15NO2. The molecule has 2 aromatic carbocycles. The lowest BCUT2D eigenvalue weighted by molar-refractivity contribution is 0.0993. The topological polar surface area (TPSA) is 33.5 Å². The summed E-state index contributed by atoms with van der Waals surface area (Å²) >= 11 is 0. The molecule has 0 bridgehead atoms. The Hall–Kier alpha value is -2.55. The van der Waals surface area contributed by atoms with Crippen LogP contribution >= 0.6 is 0 Å². The van der Waals surface area contributed by atoms with Gasteiger partial charge in [-0.1, -0.05) is 36.4 Å². The Morgan fingerprint density at radius 2 is 1.65 bits per heavy atom. The predicted octanol–water partition coefficient (Wildman–Crippen LogP) is 4.02. The summed E-state index contributed by atoms with van der Waals surface area (Å²) in [7, 11) is 1.78. The third kappa shape index (κ3) is 1.97. The maximum atomic E-state index is 12.7. The zero-order chi connectivity index (χ0) is 14.1. The Balaban J connectivity index is 2.07. The van der Waals surface area contributed by atoms with E-state index in [9.17, 15) is 4.79 Å².